The van der Waals surface area contributed by atoms with Crippen LogP contribution in [0.5, 0.6) is 0 Å². The summed E-state index contributed by atoms with van der Waals surface area (Å²) in [4.78, 5) is 16.2. The van der Waals surface area contributed by atoms with Crippen molar-refractivity contribution in [2.45, 2.75) is 12.8 Å². The highest BCUT2D eigenvalue weighted by Gasteiger charge is 2.31. The molecule has 0 N–H and O–H groups in total. The van der Waals surface area contributed by atoms with Gasteiger partial charge in [-0.2, -0.15) is 0 Å². The van der Waals surface area contributed by atoms with E-state index >= 15 is 0 Å². The van der Waals surface area contributed by atoms with Crippen LogP contribution in [0.25, 0.3) is 10.9 Å². The van der Waals surface area contributed by atoms with Gasteiger partial charge in [0, 0.05) is 23.1 Å². The SMILES string of the molecule is O=C(c1cccc2ncccc12)C1CC1. The molecular formula is C13H11NO. The van der Waals surface area contributed by atoms with Crippen LogP contribution in [0, 0.1) is 5.92 Å². The van der Waals surface area contributed by atoms with Gasteiger partial charge in [0.2, 0.25) is 0 Å². The maximum Gasteiger partial charge on any atom is 0.166 e. The molecule has 2 nitrogen and oxygen atoms in total. The number of nitrogens with zero attached hydrogens (tertiary/aromatic N) is 1. The first-order chi connectivity index (χ1) is 7.36. The van der Waals surface area contributed by atoms with Crippen molar-refractivity contribution in [2.24, 2.45) is 5.92 Å². The van der Waals surface area contributed by atoms with Crippen molar-refractivity contribution in [1.29, 1.82) is 0 Å². The third-order valence-electron chi connectivity index (χ3n) is 2.86. The molecular weight excluding hydrogens is 186 g/mol. The van der Waals surface area contributed by atoms with Gasteiger partial charge < -0.3 is 0 Å². The van der Waals surface area contributed by atoms with Gasteiger partial charge in [0.1, 0.15) is 0 Å². The van der Waals surface area contributed by atoms with Crippen LogP contribution in [0.3, 0.4) is 0 Å². The maximum absolute atomic E-state index is 12.0. The Morgan fingerprint density at radius 2 is 2.07 bits per heavy atom. The van der Waals surface area contributed by atoms with Gasteiger partial charge in [0.15, 0.2) is 5.78 Å². The summed E-state index contributed by atoms with van der Waals surface area (Å²) < 4.78 is 0. The third-order valence-corrected chi connectivity index (χ3v) is 2.86. The molecule has 3 rings (SSSR count). The van der Waals surface area contributed by atoms with Crippen molar-refractivity contribution in [3.63, 3.8) is 0 Å². The zero-order chi connectivity index (χ0) is 10.3. The summed E-state index contributed by atoms with van der Waals surface area (Å²) in [5.41, 5.74) is 1.74. The Hall–Kier alpha value is -1.70. The number of benzene rings is 1. The first-order valence-corrected chi connectivity index (χ1v) is 5.24. The monoisotopic (exact) mass is 197 g/mol. The minimum atomic E-state index is 0.274. The molecule has 0 amide bonds. The average molecular weight is 197 g/mol. The van der Waals surface area contributed by atoms with Crippen LogP contribution in [0.15, 0.2) is 36.5 Å². The summed E-state index contributed by atoms with van der Waals surface area (Å²) in [6, 6.07) is 9.61. The normalized spacial score (nSPS) is 15.5. The predicted molar refractivity (Wildman–Crippen MR) is 58.8 cm³/mol. The number of ketones is 1. The van der Waals surface area contributed by atoms with Gasteiger partial charge in [-0.1, -0.05) is 18.2 Å². The molecule has 74 valence electrons. The van der Waals surface area contributed by atoms with E-state index in [-0.39, 0.29) is 11.7 Å². The van der Waals surface area contributed by atoms with Crippen molar-refractivity contribution < 1.29 is 4.79 Å². The van der Waals surface area contributed by atoms with E-state index in [1.54, 1.807) is 6.20 Å². The Kier molecular flexibility index (Phi) is 1.81. The lowest BCUT2D eigenvalue weighted by Crippen LogP contribution is -2.02. The van der Waals surface area contributed by atoms with Crippen molar-refractivity contribution >= 4 is 16.7 Å². The molecule has 0 spiro atoms. The summed E-state index contributed by atoms with van der Waals surface area (Å²) in [6.07, 6.45) is 3.86. The summed E-state index contributed by atoms with van der Waals surface area (Å²) >= 11 is 0. The van der Waals surface area contributed by atoms with Crippen LogP contribution in [-0.4, -0.2) is 10.8 Å². The van der Waals surface area contributed by atoms with Crippen LogP contribution in [0.2, 0.25) is 0 Å². The van der Waals surface area contributed by atoms with Crippen LogP contribution in [-0.2, 0) is 0 Å². The molecule has 0 aliphatic heterocycles. The largest absolute Gasteiger partial charge is 0.294 e. The second-order valence-corrected chi connectivity index (χ2v) is 4.01. The molecule has 0 saturated heterocycles. The van der Waals surface area contributed by atoms with Gasteiger partial charge in [-0.15, -0.1) is 0 Å². The van der Waals surface area contributed by atoms with Gasteiger partial charge in [0.05, 0.1) is 5.52 Å². The molecule has 1 saturated carbocycles. The molecule has 0 unspecified atom stereocenters. The number of carbonyl (C=O) groups excluding carboxylic acids is 1. The molecule has 1 heterocycles. The Balaban J connectivity index is 2.20. The molecule has 1 fully saturated rings. The van der Waals surface area contributed by atoms with E-state index in [0.717, 1.165) is 29.3 Å². The Bertz CT molecular complexity index is 524. The third kappa shape index (κ3) is 1.42. The zero-order valence-corrected chi connectivity index (χ0v) is 8.31. The molecule has 0 atom stereocenters. The number of aromatic nitrogens is 1. The fourth-order valence-corrected chi connectivity index (χ4v) is 1.88. The fraction of sp³-hybridized carbons (Fsp3) is 0.231. The molecule has 2 heteroatoms. The Labute approximate surface area is 87.9 Å². The first-order valence-electron chi connectivity index (χ1n) is 5.24. The van der Waals surface area contributed by atoms with E-state index in [2.05, 4.69) is 4.98 Å². The predicted octanol–water partition coefficient (Wildman–Crippen LogP) is 2.83. The molecule has 0 radical (unpaired) electrons. The minimum absolute atomic E-state index is 0.274. The van der Waals surface area contributed by atoms with Crippen LogP contribution < -0.4 is 0 Å². The highest BCUT2D eigenvalue weighted by atomic mass is 16.1. The van der Waals surface area contributed by atoms with Crippen molar-refractivity contribution in [1.82, 2.24) is 4.98 Å². The van der Waals surface area contributed by atoms with Crippen molar-refractivity contribution in [2.75, 3.05) is 0 Å². The maximum atomic E-state index is 12.0. The van der Waals surface area contributed by atoms with E-state index in [4.69, 9.17) is 0 Å². The lowest BCUT2D eigenvalue weighted by atomic mass is 10.0. The second-order valence-electron chi connectivity index (χ2n) is 4.01. The van der Waals surface area contributed by atoms with Gasteiger partial charge >= 0.3 is 0 Å². The summed E-state index contributed by atoms with van der Waals surface area (Å²) in [6.45, 7) is 0. The van der Waals surface area contributed by atoms with Crippen molar-refractivity contribution in [3.05, 3.63) is 42.1 Å². The molecule has 1 aliphatic carbocycles. The van der Waals surface area contributed by atoms with E-state index < -0.39 is 0 Å². The molecule has 0 bridgehead atoms. The smallest absolute Gasteiger partial charge is 0.166 e. The van der Waals surface area contributed by atoms with Gasteiger partial charge in [-0.3, -0.25) is 9.78 Å². The van der Waals surface area contributed by atoms with Crippen LogP contribution in [0.1, 0.15) is 23.2 Å². The van der Waals surface area contributed by atoms with E-state index in [1.165, 1.54) is 0 Å². The van der Waals surface area contributed by atoms with Crippen LogP contribution in [0.4, 0.5) is 0 Å². The standard InChI is InChI=1S/C13H11NO/c15-13(9-6-7-9)11-3-1-5-12-10(11)4-2-8-14-12/h1-5,8-9H,6-7H2. The van der Waals surface area contributed by atoms with E-state index in [9.17, 15) is 4.79 Å². The number of pyridine rings is 1. The highest BCUT2D eigenvalue weighted by molar-refractivity contribution is 6.09. The quantitative estimate of drug-likeness (QED) is 0.693. The number of fused-ring (bicyclic) bond motifs is 1. The Morgan fingerprint density at radius 3 is 2.87 bits per heavy atom. The summed E-state index contributed by atoms with van der Waals surface area (Å²) in [5, 5.41) is 0.983. The fourth-order valence-electron chi connectivity index (χ4n) is 1.88. The molecule has 1 aliphatic rings. The molecule has 1 aromatic carbocycles. The van der Waals surface area contributed by atoms with E-state index in [0.29, 0.717) is 0 Å². The van der Waals surface area contributed by atoms with Gasteiger partial charge in [-0.05, 0) is 25.0 Å². The number of Topliss-reactive ketones (excluding diaryl/α,β-unsaturated/α-hetero) is 1. The second kappa shape index (κ2) is 3.16. The Morgan fingerprint density at radius 1 is 1.20 bits per heavy atom. The average Bonchev–Trinajstić information content (AvgIpc) is 3.11. The molecule has 15 heavy (non-hydrogen) atoms. The number of carbonyl (C=O) groups is 1. The van der Waals surface area contributed by atoms with Gasteiger partial charge in [-0.25, -0.2) is 0 Å². The van der Waals surface area contributed by atoms with Crippen molar-refractivity contribution in [3.8, 4) is 0 Å². The van der Waals surface area contributed by atoms with Gasteiger partial charge in [0.25, 0.3) is 0 Å². The number of hydrogen-bond acceptors (Lipinski definition) is 2. The zero-order valence-electron chi connectivity index (χ0n) is 8.31. The molecule has 2 aromatic rings. The topological polar surface area (TPSA) is 30.0 Å². The summed E-state index contributed by atoms with van der Waals surface area (Å²) in [7, 11) is 0. The number of hydrogen-bond donors (Lipinski definition) is 0. The first kappa shape index (κ1) is 8.60. The van der Waals surface area contributed by atoms with Crippen LogP contribution >= 0.6 is 0 Å². The lowest BCUT2D eigenvalue weighted by molar-refractivity contribution is 0.0969. The summed E-state index contributed by atoms with van der Waals surface area (Å²) in [5.74, 6) is 0.560. The number of rotatable bonds is 2. The lowest BCUT2D eigenvalue weighted by Gasteiger charge is -2.03. The minimum Gasteiger partial charge on any atom is -0.294 e. The van der Waals surface area contributed by atoms with E-state index in [1.807, 2.05) is 30.3 Å². The highest BCUT2D eigenvalue weighted by Crippen LogP contribution is 2.34. The molecule has 1 aromatic heterocycles.